The summed E-state index contributed by atoms with van der Waals surface area (Å²) in [5.41, 5.74) is 0. The number of amides is 1. The van der Waals surface area contributed by atoms with Crippen LogP contribution < -0.4 is 0 Å². The molecular weight excluding hydrogens is 180 g/mol. The van der Waals surface area contributed by atoms with E-state index in [-0.39, 0.29) is 5.91 Å². The topological polar surface area (TPSA) is 43.8 Å². The Kier molecular flexibility index (Phi) is 11.9. The van der Waals surface area contributed by atoms with Crippen molar-refractivity contribution >= 4 is 5.91 Å². The molecular formula is C10H24N2O2. The smallest absolute Gasteiger partial charge is 0.219 e. The van der Waals surface area contributed by atoms with Crippen molar-refractivity contribution in [3.63, 3.8) is 0 Å². The van der Waals surface area contributed by atoms with E-state index in [1.165, 1.54) is 0 Å². The second kappa shape index (κ2) is 10.5. The van der Waals surface area contributed by atoms with Crippen molar-refractivity contribution < 1.29 is 9.90 Å². The molecule has 14 heavy (non-hydrogen) atoms. The first-order valence-electron chi connectivity index (χ1n) is 5.09. The lowest BCUT2D eigenvalue weighted by Gasteiger charge is -2.31. The number of likely N-dealkylation sites (N-methyl/N-ethyl adjacent to an activating group) is 1. The average Bonchev–Trinajstić information content (AvgIpc) is 2.24. The monoisotopic (exact) mass is 204 g/mol. The molecule has 1 fully saturated rings. The molecule has 4 nitrogen and oxygen atoms in total. The van der Waals surface area contributed by atoms with Crippen LogP contribution in [-0.2, 0) is 4.79 Å². The van der Waals surface area contributed by atoms with Crippen molar-refractivity contribution in [3.05, 3.63) is 0 Å². The average molecular weight is 204 g/mol. The molecule has 0 unspecified atom stereocenters. The Morgan fingerprint density at radius 1 is 1.07 bits per heavy atom. The number of hydrogen-bond donors (Lipinski definition) is 1. The molecule has 0 radical (unpaired) electrons. The summed E-state index contributed by atoms with van der Waals surface area (Å²) in [6.07, 6.45) is 0. The van der Waals surface area contributed by atoms with Gasteiger partial charge in [0.15, 0.2) is 0 Å². The maximum Gasteiger partial charge on any atom is 0.219 e. The molecule has 0 aromatic rings. The molecule has 1 heterocycles. The second-order valence-corrected chi connectivity index (χ2v) is 2.81. The number of nitrogens with zero attached hydrogens (tertiary/aromatic N) is 2. The Morgan fingerprint density at radius 3 is 1.71 bits per heavy atom. The van der Waals surface area contributed by atoms with Crippen LogP contribution in [0.5, 0.6) is 0 Å². The van der Waals surface area contributed by atoms with Gasteiger partial charge < -0.3 is 14.9 Å². The van der Waals surface area contributed by atoms with Crippen LogP contribution in [0.1, 0.15) is 20.8 Å². The van der Waals surface area contributed by atoms with Crippen LogP contribution in [-0.4, -0.2) is 61.2 Å². The zero-order chi connectivity index (χ0) is 11.6. The molecule has 0 aromatic heterocycles. The number of aliphatic hydroxyl groups is 1. The van der Waals surface area contributed by atoms with E-state index < -0.39 is 0 Å². The minimum Gasteiger partial charge on any atom is -0.400 e. The lowest BCUT2D eigenvalue weighted by molar-refractivity contribution is -0.130. The Labute approximate surface area is 87.5 Å². The zero-order valence-corrected chi connectivity index (χ0v) is 10.1. The van der Waals surface area contributed by atoms with Gasteiger partial charge in [-0.15, -0.1) is 0 Å². The van der Waals surface area contributed by atoms with Gasteiger partial charge in [-0.25, -0.2) is 0 Å². The van der Waals surface area contributed by atoms with Crippen LogP contribution in [0.4, 0.5) is 0 Å². The third-order valence-electron chi connectivity index (χ3n) is 1.95. The summed E-state index contributed by atoms with van der Waals surface area (Å²) in [7, 11) is 3.08. The lowest BCUT2D eigenvalue weighted by atomic mass is 10.3. The maximum atomic E-state index is 10.8. The van der Waals surface area contributed by atoms with Crippen LogP contribution in [0.15, 0.2) is 0 Å². The van der Waals surface area contributed by atoms with E-state index in [1.54, 1.807) is 6.92 Å². The van der Waals surface area contributed by atoms with E-state index in [0.717, 1.165) is 33.3 Å². The summed E-state index contributed by atoms with van der Waals surface area (Å²) in [4.78, 5) is 14.9. The molecule has 1 N–H and O–H groups in total. The molecule has 0 atom stereocenters. The van der Waals surface area contributed by atoms with Gasteiger partial charge in [-0.05, 0) is 7.05 Å². The van der Waals surface area contributed by atoms with E-state index in [0.29, 0.717) is 0 Å². The minimum absolute atomic E-state index is 0.202. The standard InChI is InChI=1S/C7H14N2O.C2H6.CH4O/c1-7(10)9-5-3-8(2)4-6-9;2*1-2/h3-6H2,1-2H3;1-2H3;2H,1H3. The normalized spacial score (nSPS) is 16.0. The largest absolute Gasteiger partial charge is 0.400 e. The minimum atomic E-state index is 0.202. The van der Waals surface area contributed by atoms with Gasteiger partial charge >= 0.3 is 0 Å². The fourth-order valence-electron chi connectivity index (χ4n) is 1.12. The number of hydrogen-bond acceptors (Lipinski definition) is 3. The highest BCUT2D eigenvalue weighted by Gasteiger charge is 2.14. The molecule has 1 saturated heterocycles. The quantitative estimate of drug-likeness (QED) is 0.622. The van der Waals surface area contributed by atoms with Gasteiger partial charge in [-0.1, -0.05) is 13.8 Å². The molecule has 0 bridgehead atoms. The van der Waals surface area contributed by atoms with Crippen LogP contribution in [0.2, 0.25) is 0 Å². The number of carbonyl (C=O) groups excluding carboxylic acids is 1. The lowest BCUT2D eigenvalue weighted by Crippen LogP contribution is -2.46. The SMILES string of the molecule is CC.CC(=O)N1CCN(C)CC1.CO. The number of carbonyl (C=O) groups is 1. The van der Waals surface area contributed by atoms with E-state index in [2.05, 4.69) is 11.9 Å². The highest BCUT2D eigenvalue weighted by Crippen LogP contribution is 1.98. The Morgan fingerprint density at radius 2 is 1.43 bits per heavy atom. The summed E-state index contributed by atoms with van der Waals surface area (Å²) in [6, 6.07) is 0. The fraction of sp³-hybridized carbons (Fsp3) is 0.900. The first-order chi connectivity index (χ1) is 6.70. The van der Waals surface area contributed by atoms with Crippen molar-refractivity contribution in [1.82, 2.24) is 9.80 Å². The van der Waals surface area contributed by atoms with Crippen molar-refractivity contribution in [2.24, 2.45) is 0 Å². The highest BCUT2D eigenvalue weighted by molar-refractivity contribution is 5.73. The van der Waals surface area contributed by atoms with Crippen molar-refractivity contribution in [3.8, 4) is 0 Å². The molecule has 0 aliphatic carbocycles. The summed E-state index contributed by atoms with van der Waals surface area (Å²) < 4.78 is 0. The van der Waals surface area contributed by atoms with Crippen LogP contribution in [0, 0.1) is 0 Å². The fourth-order valence-corrected chi connectivity index (χ4v) is 1.12. The van der Waals surface area contributed by atoms with Gasteiger partial charge in [0.1, 0.15) is 0 Å². The maximum absolute atomic E-state index is 10.8. The third kappa shape index (κ3) is 6.86. The molecule has 0 spiro atoms. The van der Waals surface area contributed by atoms with Gasteiger partial charge in [0.2, 0.25) is 5.91 Å². The Hall–Kier alpha value is -0.610. The van der Waals surface area contributed by atoms with E-state index in [9.17, 15) is 4.79 Å². The first kappa shape index (κ1) is 15.8. The predicted octanol–water partition coefficient (Wildman–Crippen LogP) is 0.415. The van der Waals surface area contributed by atoms with E-state index in [4.69, 9.17) is 5.11 Å². The first-order valence-corrected chi connectivity index (χ1v) is 5.09. The Bertz CT molecular complexity index is 132. The van der Waals surface area contributed by atoms with Gasteiger partial charge in [0.05, 0.1) is 0 Å². The van der Waals surface area contributed by atoms with Crippen LogP contribution in [0.3, 0.4) is 0 Å². The number of piperazine rings is 1. The molecule has 0 saturated carbocycles. The summed E-state index contributed by atoms with van der Waals surface area (Å²) in [6.45, 7) is 9.45. The molecule has 1 aliphatic rings. The summed E-state index contributed by atoms with van der Waals surface area (Å²) in [5, 5.41) is 7.00. The molecule has 1 amide bonds. The highest BCUT2D eigenvalue weighted by atomic mass is 16.2. The van der Waals surface area contributed by atoms with Gasteiger partial charge in [-0.2, -0.15) is 0 Å². The molecule has 0 aromatic carbocycles. The summed E-state index contributed by atoms with van der Waals surface area (Å²) >= 11 is 0. The van der Waals surface area contributed by atoms with Gasteiger partial charge in [-0.3, -0.25) is 4.79 Å². The summed E-state index contributed by atoms with van der Waals surface area (Å²) in [5.74, 6) is 0.202. The zero-order valence-electron chi connectivity index (χ0n) is 10.1. The molecule has 1 rings (SSSR count). The van der Waals surface area contributed by atoms with E-state index in [1.807, 2.05) is 18.7 Å². The Balaban J connectivity index is 0. The van der Waals surface area contributed by atoms with Crippen molar-refractivity contribution in [2.75, 3.05) is 40.3 Å². The van der Waals surface area contributed by atoms with Crippen LogP contribution >= 0.6 is 0 Å². The number of aliphatic hydroxyl groups excluding tert-OH is 1. The third-order valence-corrected chi connectivity index (χ3v) is 1.95. The second-order valence-electron chi connectivity index (χ2n) is 2.81. The van der Waals surface area contributed by atoms with Gasteiger partial charge in [0.25, 0.3) is 0 Å². The van der Waals surface area contributed by atoms with Crippen molar-refractivity contribution in [1.29, 1.82) is 0 Å². The van der Waals surface area contributed by atoms with Crippen molar-refractivity contribution in [2.45, 2.75) is 20.8 Å². The predicted molar refractivity (Wildman–Crippen MR) is 59.2 cm³/mol. The van der Waals surface area contributed by atoms with Gasteiger partial charge in [0, 0.05) is 40.2 Å². The van der Waals surface area contributed by atoms with E-state index >= 15 is 0 Å². The molecule has 1 aliphatic heterocycles. The molecule has 4 heteroatoms. The number of rotatable bonds is 0. The molecule has 86 valence electrons. The van der Waals surface area contributed by atoms with Crippen LogP contribution in [0.25, 0.3) is 0 Å².